The van der Waals surface area contributed by atoms with Gasteiger partial charge in [0.05, 0.1) is 0 Å². The van der Waals surface area contributed by atoms with Crippen molar-refractivity contribution in [3.63, 3.8) is 0 Å². The molecule has 2 heterocycles. The molecule has 1 aliphatic heterocycles. The van der Waals surface area contributed by atoms with Crippen molar-refractivity contribution in [1.29, 1.82) is 0 Å². The second-order valence-electron chi connectivity index (χ2n) is 7.54. The highest BCUT2D eigenvalue weighted by atomic mass is 16.2. The Labute approximate surface area is 132 Å². The Hall–Kier alpha value is -1.32. The van der Waals surface area contributed by atoms with Crippen LogP contribution < -0.4 is 0 Å². The van der Waals surface area contributed by atoms with Crippen LogP contribution in [0.4, 0.5) is 0 Å². The molecule has 1 saturated heterocycles. The van der Waals surface area contributed by atoms with E-state index in [1.54, 1.807) is 0 Å². The number of amides is 1. The first-order valence-corrected chi connectivity index (χ1v) is 9.03. The van der Waals surface area contributed by atoms with Crippen LogP contribution in [0.2, 0.25) is 0 Å². The van der Waals surface area contributed by atoms with Gasteiger partial charge in [0.15, 0.2) is 0 Å². The van der Waals surface area contributed by atoms with E-state index in [0.717, 1.165) is 45.3 Å². The van der Waals surface area contributed by atoms with E-state index in [2.05, 4.69) is 21.4 Å². The molecule has 1 aromatic heterocycles. The summed E-state index contributed by atoms with van der Waals surface area (Å²) in [5.41, 5.74) is 1.30. The van der Waals surface area contributed by atoms with Crippen LogP contribution in [0, 0.1) is 18.8 Å². The summed E-state index contributed by atoms with van der Waals surface area (Å²) in [4.78, 5) is 19.1. The molecule has 0 N–H and O–H groups in total. The van der Waals surface area contributed by atoms with Crippen LogP contribution in [-0.2, 0) is 11.3 Å². The van der Waals surface area contributed by atoms with Crippen LogP contribution in [0.5, 0.6) is 0 Å². The molecule has 3 aliphatic rings. The van der Waals surface area contributed by atoms with Gasteiger partial charge in [-0.25, -0.2) is 4.98 Å². The van der Waals surface area contributed by atoms with Crippen LogP contribution in [0.3, 0.4) is 0 Å². The second kappa shape index (κ2) is 5.71. The Morgan fingerprint density at radius 2 is 1.91 bits per heavy atom. The maximum atomic E-state index is 12.3. The normalized spacial score (nSPS) is 23.6. The van der Waals surface area contributed by atoms with E-state index in [4.69, 9.17) is 0 Å². The topological polar surface area (TPSA) is 38.1 Å². The number of hydrogen-bond acceptors (Lipinski definition) is 2. The van der Waals surface area contributed by atoms with E-state index in [9.17, 15) is 4.79 Å². The third kappa shape index (κ3) is 2.68. The Kier molecular flexibility index (Phi) is 3.71. The van der Waals surface area contributed by atoms with Crippen LogP contribution in [0.15, 0.2) is 6.20 Å². The van der Waals surface area contributed by atoms with Gasteiger partial charge >= 0.3 is 0 Å². The molecule has 3 fully saturated rings. The van der Waals surface area contributed by atoms with Crippen molar-refractivity contribution in [3.05, 3.63) is 17.7 Å². The molecule has 22 heavy (non-hydrogen) atoms. The van der Waals surface area contributed by atoms with Crippen LogP contribution in [-0.4, -0.2) is 33.4 Å². The van der Waals surface area contributed by atoms with Crippen molar-refractivity contribution in [2.24, 2.45) is 11.8 Å². The summed E-state index contributed by atoms with van der Waals surface area (Å²) in [6.07, 6.45) is 10.4. The molecule has 4 nitrogen and oxygen atoms in total. The summed E-state index contributed by atoms with van der Waals surface area (Å²) in [6, 6.07) is 0. The smallest absolute Gasteiger partial charge is 0.225 e. The average molecular weight is 301 g/mol. The zero-order valence-electron chi connectivity index (χ0n) is 13.6. The zero-order valence-corrected chi connectivity index (χ0v) is 13.6. The molecule has 0 aromatic carbocycles. The van der Waals surface area contributed by atoms with E-state index in [1.165, 1.54) is 30.8 Å². The summed E-state index contributed by atoms with van der Waals surface area (Å²) in [5.74, 6) is 3.52. The largest absolute Gasteiger partial charge is 0.342 e. The van der Waals surface area contributed by atoms with Crippen LogP contribution in [0.1, 0.15) is 62.4 Å². The highest BCUT2D eigenvalue weighted by Crippen LogP contribution is 2.40. The first kappa shape index (κ1) is 14.3. The van der Waals surface area contributed by atoms with E-state index in [0.29, 0.717) is 23.7 Å². The Bertz CT molecular complexity index is 549. The van der Waals surface area contributed by atoms with Gasteiger partial charge in [0.1, 0.15) is 5.82 Å². The lowest BCUT2D eigenvalue weighted by Crippen LogP contribution is -2.44. The molecular weight excluding hydrogens is 274 g/mol. The molecule has 2 aliphatic carbocycles. The zero-order chi connectivity index (χ0) is 15.1. The van der Waals surface area contributed by atoms with Crippen molar-refractivity contribution >= 4 is 5.91 Å². The molecule has 0 unspecified atom stereocenters. The summed E-state index contributed by atoms with van der Waals surface area (Å²) in [6.45, 7) is 5.20. The van der Waals surface area contributed by atoms with Gasteiger partial charge < -0.3 is 9.47 Å². The second-order valence-corrected chi connectivity index (χ2v) is 7.54. The molecule has 0 spiro atoms. The van der Waals surface area contributed by atoms with Gasteiger partial charge in [-0.3, -0.25) is 4.79 Å². The maximum Gasteiger partial charge on any atom is 0.225 e. The number of imidazole rings is 1. The van der Waals surface area contributed by atoms with Gasteiger partial charge in [-0.15, -0.1) is 0 Å². The van der Waals surface area contributed by atoms with E-state index in [1.807, 2.05) is 6.20 Å². The quantitative estimate of drug-likeness (QED) is 0.857. The van der Waals surface area contributed by atoms with Gasteiger partial charge in [-0.05, 0) is 51.4 Å². The average Bonchev–Trinajstić information content (AvgIpc) is 3.24. The molecule has 1 aromatic rings. The van der Waals surface area contributed by atoms with Crippen LogP contribution in [0.25, 0.3) is 0 Å². The monoisotopic (exact) mass is 301 g/mol. The van der Waals surface area contributed by atoms with Crippen molar-refractivity contribution in [1.82, 2.24) is 14.5 Å². The van der Waals surface area contributed by atoms with Crippen LogP contribution >= 0.6 is 0 Å². The van der Waals surface area contributed by atoms with Crippen molar-refractivity contribution in [2.75, 3.05) is 13.1 Å². The third-order valence-electron chi connectivity index (χ3n) is 5.85. The lowest BCUT2D eigenvalue weighted by Gasteiger charge is -2.37. The van der Waals surface area contributed by atoms with Gasteiger partial charge in [0, 0.05) is 43.4 Å². The number of carbonyl (C=O) groups is 1. The molecule has 4 rings (SSSR count). The summed E-state index contributed by atoms with van der Waals surface area (Å²) >= 11 is 0. The Balaban J connectivity index is 1.34. The fourth-order valence-corrected chi connectivity index (χ4v) is 3.89. The number of hydrogen-bond donors (Lipinski definition) is 0. The molecule has 0 radical (unpaired) electrons. The number of piperidine rings is 1. The Morgan fingerprint density at radius 3 is 2.50 bits per heavy atom. The van der Waals surface area contributed by atoms with Gasteiger partial charge in [0.2, 0.25) is 5.91 Å². The number of carbonyl (C=O) groups excluding carboxylic acids is 1. The van der Waals surface area contributed by atoms with E-state index >= 15 is 0 Å². The first-order valence-electron chi connectivity index (χ1n) is 9.03. The number of likely N-dealkylation sites (tertiary alicyclic amines) is 1. The molecule has 1 amide bonds. The van der Waals surface area contributed by atoms with Crippen molar-refractivity contribution < 1.29 is 4.79 Å². The maximum absolute atomic E-state index is 12.3. The fraction of sp³-hybridized carbons (Fsp3) is 0.778. The number of aryl methyl sites for hydroxylation is 1. The minimum absolute atomic E-state index is 0.355. The minimum Gasteiger partial charge on any atom is -0.342 e. The molecule has 120 valence electrons. The molecule has 0 atom stereocenters. The van der Waals surface area contributed by atoms with Gasteiger partial charge in [-0.2, -0.15) is 0 Å². The van der Waals surface area contributed by atoms with Gasteiger partial charge in [0.25, 0.3) is 0 Å². The SMILES string of the molecule is Cc1cnc(C2CC2)n1CC1CCN(C(=O)C2CCC2)CC1. The first-order chi connectivity index (χ1) is 10.7. The number of aromatic nitrogens is 2. The summed E-state index contributed by atoms with van der Waals surface area (Å²) < 4.78 is 2.45. The highest BCUT2D eigenvalue weighted by molar-refractivity contribution is 5.79. The van der Waals surface area contributed by atoms with E-state index < -0.39 is 0 Å². The molecule has 4 heteroatoms. The predicted octanol–water partition coefficient (Wildman–Crippen LogP) is 3.11. The molecular formula is C18H27N3O. The van der Waals surface area contributed by atoms with E-state index in [-0.39, 0.29) is 0 Å². The van der Waals surface area contributed by atoms with Crippen molar-refractivity contribution in [2.45, 2.75) is 64.3 Å². The summed E-state index contributed by atoms with van der Waals surface area (Å²) in [7, 11) is 0. The standard InChI is InChI=1S/C18H27N3O/c1-13-11-19-17(15-5-6-15)21(13)12-14-7-9-20(10-8-14)18(22)16-3-2-4-16/h11,14-16H,2-10,12H2,1H3. The molecule has 0 bridgehead atoms. The molecule has 2 saturated carbocycles. The van der Waals surface area contributed by atoms with Gasteiger partial charge in [-0.1, -0.05) is 6.42 Å². The third-order valence-corrected chi connectivity index (χ3v) is 5.85. The summed E-state index contributed by atoms with van der Waals surface area (Å²) in [5, 5.41) is 0. The number of nitrogens with zero attached hydrogens (tertiary/aromatic N) is 3. The van der Waals surface area contributed by atoms with Crippen molar-refractivity contribution in [3.8, 4) is 0 Å². The Morgan fingerprint density at radius 1 is 1.18 bits per heavy atom. The number of rotatable bonds is 4. The minimum atomic E-state index is 0.355. The fourth-order valence-electron chi connectivity index (χ4n) is 3.89. The lowest BCUT2D eigenvalue weighted by atomic mass is 9.83. The predicted molar refractivity (Wildman–Crippen MR) is 85.6 cm³/mol. The highest BCUT2D eigenvalue weighted by Gasteiger charge is 2.33. The lowest BCUT2D eigenvalue weighted by molar-refractivity contribution is -0.139.